The number of aromatic amines is 1. The molecule has 1 atom stereocenters. The Morgan fingerprint density at radius 2 is 2.18 bits per heavy atom. The van der Waals surface area contributed by atoms with Crippen molar-refractivity contribution in [2.75, 3.05) is 19.6 Å². The van der Waals surface area contributed by atoms with Crippen LogP contribution in [-0.4, -0.2) is 62.4 Å². The van der Waals surface area contributed by atoms with Crippen LogP contribution < -0.4 is 0 Å². The number of H-pyrrole nitrogens is 1. The van der Waals surface area contributed by atoms with Crippen molar-refractivity contribution < 1.29 is 14.7 Å². The Kier molecular flexibility index (Phi) is 6.81. The molecule has 0 aliphatic carbocycles. The fourth-order valence-electron chi connectivity index (χ4n) is 3.86. The van der Waals surface area contributed by atoms with E-state index in [1.807, 2.05) is 41.0 Å². The second kappa shape index (κ2) is 9.50. The number of carboxylic acid groups (broad SMARTS) is 1. The molecule has 1 aromatic heterocycles. The number of imidazole rings is 1. The van der Waals surface area contributed by atoms with Gasteiger partial charge in [-0.15, -0.1) is 0 Å². The Balaban J connectivity index is 1.62. The molecule has 0 radical (unpaired) electrons. The van der Waals surface area contributed by atoms with Crippen molar-refractivity contribution in [3.8, 4) is 0 Å². The summed E-state index contributed by atoms with van der Waals surface area (Å²) in [5.74, 6) is -0.716. The molecule has 1 amide bonds. The monoisotopic (exact) mass is 384 g/mol. The number of amides is 1. The maximum Gasteiger partial charge on any atom is 0.317 e. The number of rotatable bonds is 9. The van der Waals surface area contributed by atoms with Crippen LogP contribution in [0.25, 0.3) is 0 Å². The van der Waals surface area contributed by atoms with E-state index in [2.05, 4.69) is 9.97 Å². The highest BCUT2D eigenvalue weighted by Gasteiger charge is 2.30. The highest BCUT2D eigenvalue weighted by atomic mass is 16.4. The van der Waals surface area contributed by atoms with Gasteiger partial charge in [-0.25, -0.2) is 4.98 Å². The number of benzene rings is 1. The van der Waals surface area contributed by atoms with E-state index >= 15 is 0 Å². The molecule has 0 saturated carbocycles. The number of aromatic nitrogens is 2. The van der Waals surface area contributed by atoms with Gasteiger partial charge in [0, 0.05) is 44.0 Å². The van der Waals surface area contributed by atoms with Gasteiger partial charge in [0.15, 0.2) is 0 Å². The SMILES string of the molecule is Cc1ccccc1CN(CC(=O)O)C[C@@H]1CCCN1C(=O)CCc1cnc[nH]1. The predicted octanol–water partition coefficient (Wildman–Crippen LogP) is 2.23. The van der Waals surface area contributed by atoms with Gasteiger partial charge in [0.2, 0.25) is 5.91 Å². The van der Waals surface area contributed by atoms with Gasteiger partial charge in [-0.05, 0) is 37.3 Å². The molecule has 1 aromatic carbocycles. The summed E-state index contributed by atoms with van der Waals surface area (Å²) in [6, 6.07) is 8.10. The normalized spacial score (nSPS) is 16.6. The van der Waals surface area contributed by atoms with Gasteiger partial charge in [0.1, 0.15) is 0 Å². The van der Waals surface area contributed by atoms with Crippen molar-refractivity contribution in [2.24, 2.45) is 0 Å². The molecule has 1 saturated heterocycles. The topological polar surface area (TPSA) is 89.5 Å². The van der Waals surface area contributed by atoms with Crippen LogP contribution >= 0.6 is 0 Å². The standard InChI is InChI=1S/C21H28N4O3/c1-16-5-2-3-6-17(16)12-24(14-21(27)28)13-19-7-4-10-25(19)20(26)9-8-18-11-22-15-23-18/h2-3,5-6,11,15,19H,4,7-10,12-14H2,1H3,(H,22,23)(H,27,28)/t19-/m0/s1. The molecule has 0 unspecified atom stereocenters. The minimum atomic E-state index is -0.844. The van der Waals surface area contributed by atoms with E-state index in [-0.39, 0.29) is 18.5 Å². The van der Waals surface area contributed by atoms with Crippen molar-refractivity contribution in [1.29, 1.82) is 0 Å². The molecule has 7 heteroatoms. The summed E-state index contributed by atoms with van der Waals surface area (Å²) in [6.45, 7) is 3.91. The Hall–Kier alpha value is -2.67. The van der Waals surface area contributed by atoms with Crippen molar-refractivity contribution in [3.05, 3.63) is 53.6 Å². The zero-order valence-corrected chi connectivity index (χ0v) is 16.3. The third-order valence-electron chi connectivity index (χ3n) is 5.34. The zero-order chi connectivity index (χ0) is 19.9. The Bertz CT molecular complexity index is 791. The van der Waals surface area contributed by atoms with E-state index in [4.69, 9.17) is 0 Å². The zero-order valence-electron chi connectivity index (χ0n) is 16.3. The molecule has 2 aromatic rings. The lowest BCUT2D eigenvalue weighted by atomic mass is 10.1. The van der Waals surface area contributed by atoms with E-state index in [1.165, 1.54) is 0 Å². The number of carbonyl (C=O) groups is 2. The van der Waals surface area contributed by atoms with E-state index in [9.17, 15) is 14.7 Å². The van der Waals surface area contributed by atoms with Crippen molar-refractivity contribution in [3.63, 3.8) is 0 Å². The lowest BCUT2D eigenvalue weighted by Gasteiger charge is -2.30. The molecule has 1 fully saturated rings. The van der Waals surface area contributed by atoms with Crippen molar-refractivity contribution in [2.45, 2.75) is 45.2 Å². The summed E-state index contributed by atoms with van der Waals surface area (Å²) in [7, 11) is 0. The van der Waals surface area contributed by atoms with Crippen LogP contribution in [0.5, 0.6) is 0 Å². The fourth-order valence-corrected chi connectivity index (χ4v) is 3.86. The van der Waals surface area contributed by atoms with Gasteiger partial charge < -0.3 is 15.0 Å². The van der Waals surface area contributed by atoms with E-state index in [0.29, 0.717) is 25.9 Å². The molecule has 2 heterocycles. The summed E-state index contributed by atoms with van der Waals surface area (Å²) in [5, 5.41) is 9.34. The van der Waals surface area contributed by atoms with Gasteiger partial charge in [-0.2, -0.15) is 0 Å². The van der Waals surface area contributed by atoms with Gasteiger partial charge in [-0.1, -0.05) is 24.3 Å². The van der Waals surface area contributed by atoms with Gasteiger partial charge in [-0.3, -0.25) is 14.5 Å². The lowest BCUT2D eigenvalue weighted by Crippen LogP contribution is -2.44. The summed E-state index contributed by atoms with van der Waals surface area (Å²) in [4.78, 5) is 35.0. The third kappa shape index (κ3) is 5.42. The maximum atomic E-state index is 12.7. The molecule has 7 nitrogen and oxygen atoms in total. The van der Waals surface area contributed by atoms with Crippen LogP contribution in [0.3, 0.4) is 0 Å². The number of nitrogens with zero attached hydrogens (tertiary/aromatic N) is 3. The first-order valence-corrected chi connectivity index (χ1v) is 9.78. The maximum absolute atomic E-state index is 12.7. The van der Waals surface area contributed by atoms with Crippen LogP contribution in [0.1, 0.15) is 36.1 Å². The highest BCUT2D eigenvalue weighted by Crippen LogP contribution is 2.21. The molecule has 1 aliphatic heterocycles. The number of carbonyl (C=O) groups excluding carboxylic acids is 1. The first-order valence-electron chi connectivity index (χ1n) is 9.78. The molecule has 1 aliphatic rings. The van der Waals surface area contributed by atoms with Gasteiger partial charge in [0.25, 0.3) is 0 Å². The quantitative estimate of drug-likeness (QED) is 0.692. The average Bonchev–Trinajstić information content (AvgIpc) is 3.33. The number of aryl methyl sites for hydroxylation is 2. The minimum absolute atomic E-state index is 0.0268. The summed E-state index contributed by atoms with van der Waals surface area (Å²) in [5.41, 5.74) is 3.23. The van der Waals surface area contributed by atoms with Crippen molar-refractivity contribution >= 4 is 11.9 Å². The molecular formula is C21H28N4O3. The van der Waals surface area contributed by atoms with Crippen molar-refractivity contribution in [1.82, 2.24) is 19.8 Å². The molecule has 0 bridgehead atoms. The van der Waals surface area contributed by atoms with Crippen LogP contribution in [0, 0.1) is 6.92 Å². The number of likely N-dealkylation sites (tertiary alicyclic amines) is 1. The van der Waals surface area contributed by atoms with Gasteiger partial charge in [0.05, 0.1) is 12.9 Å². The second-order valence-electron chi connectivity index (χ2n) is 7.45. The van der Waals surface area contributed by atoms with E-state index < -0.39 is 5.97 Å². The summed E-state index contributed by atoms with van der Waals surface area (Å²) >= 11 is 0. The average molecular weight is 384 g/mol. The van der Waals surface area contributed by atoms with Crippen LogP contribution in [0.4, 0.5) is 0 Å². The summed E-state index contributed by atoms with van der Waals surface area (Å²) in [6.07, 6.45) is 6.32. The number of aliphatic carboxylic acids is 1. The Morgan fingerprint density at radius 1 is 1.36 bits per heavy atom. The lowest BCUT2D eigenvalue weighted by molar-refractivity contribution is -0.138. The largest absolute Gasteiger partial charge is 0.480 e. The predicted molar refractivity (Wildman–Crippen MR) is 106 cm³/mol. The number of nitrogens with one attached hydrogen (secondary N) is 1. The Morgan fingerprint density at radius 3 is 2.89 bits per heavy atom. The number of carboxylic acids is 1. The number of hydrogen-bond acceptors (Lipinski definition) is 4. The smallest absolute Gasteiger partial charge is 0.317 e. The first-order chi connectivity index (χ1) is 13.5. The van der Waals surface area contributed by atoms with E-state index in [0.717, 1.165) is 36.2 Å². The fraction of sp³-hybridized carbons (Fsp3) is 0.476. The number of hydrogen-bond donors (Lipinski definition) is 2. The van der Waals surface area contributed by atoms with Crippen LogP contribution in [0.2, 0.25) is 0 Å². The molecular weight excluding hydrogens is 356 g/mol. The molecule has 2 N–H and O–H groups in total. The van der Waals surface area contributed by atoms with E-state index in [1.54, 1.807) is 12.5 Å². The first kappa shape index (κ1) is 20.1. The second-order valence-corrected chi connectivity index (χ2v) is 7.45. The highest BCUT2D eigenvalue weighted by molar-refractivity contribution is 5.77. The molecule has 28 heavy (non-hydrogen) atoms. The molecule has 0 spiro atoms. The van der Waals surface area contributed by atoms with Gasteiger partial charge >= 0.3 is 5.97 Å². The van der Waals surface area contributed by atoms with Crippen LogP contribution in [-0.2, 0) is 22.6 Å². The Labute approximate surface area is 165 Å². The minimum Gasteiger partial charge on any atom is -0.480 e. The third-order valence-corrected chi connectivity index (χ3v) is 5.34. The molecule has 3 rings (SSSR count). The van der Waals surface area contributed by atoms with Crippen LogP contribution in [0.15, 0.2) is 36.8 Å². The molecule has 150 valence electrons. The summed E-state index contributed by atoms with van der Waals surface area (Å²) < 4.78 is 0.